The fraction of sp³-hybridized carbons (Fsp3) is 0.889. The largest absolute Gasteiger partial charge is 0.394 e. The van der Waals surface area contributed by atoms with Crippen LogP contribution in [0, 0.1) is 11.8 Å². The highest BCUT2D eigenvalue weighted by Gasteiger charge is 2.48. The molecule has 0 bridgehead atoms. The summed E-state index contributed by atoms with van der Waals surface area (Å²) < 4.78 is 73.7. The van der Waals surface area contributed by atoms with Crippen LogP contribution in [0.15, 0.2) is 0 Å². The predicted octanol–water partition coefficient (Wildman–Crippen LogP) is -4.31. The third-order valence-corrected chi connectivity index (χ3v) is 19.9. The predicted molar refractivity (Wildman–Crippen MR) is 386 cm³/mol. The Labute approximate surface area is 643 Å². The highest BCUT2D eigenvalue weighted by Crippen LogP contribution is 2.39. The number of ether oxygens (including phenoxy) is 13. The summed E-state index contributed by atoms with van der Waals surface area (Å²) in [5.41, 5.74) is -1.34. The van der Waals surface area contributed by atoms with Gasteiger partial charge in [-0.25, -0.2) is 0 Å². The molecule has 8 amide bonds. The number of aliphatic hydroxyl groups excluding tert-OH is 9. The fourth-order valence-corrected chi connectivity index (χ4v) is 14.0. The number of nitrogens with one attached hydrogen (secondary N) is 8. The van der Waals surface area contributed by atoms with E-state index >= 15 is 0 Å². The Kier molecular flexibility index (Phi) is 46.7. The molecule has 0 aromatic rings. The van der Waals surface area contributed by atoms with Gasteiger partial charge in [-0.2, -0.15) is 0 Å². The van der Waals surface area contributed by atoms with E-state index in [1.165, 1.54) is 59.3 Å². The Hall–Kier alpha value is -5.12. The Bertz CT molecular complexity index is 2430. The van der Waals surface area contributed by atoms with Crippen LogP contribution in [0.5, 0.6) is 0 Å². The topological polar surface area (TPSA) is 535 Å². The minimum Gasteiger partial charge on any atom is -0.394 e. The molecule has 3 aliphatic heterocycles. The molecule has 0 radical (unpaired) electrons. The van der Waals surface area contributed by atoms with Crippen molar-refractivity contribution in [1.29, 1.82) is 0 Å². The first-order valence-corrected chi connectivity index (χ1v) is 38.9. The van der Waals surface area contributed by atoms with Gasteiger partial charge in [-0.1, -0.05) is 38.5 Å². The minimum atomic E-state index is -1.48. The molecule has 3 heterocycles. The Balaban J connectivity index is 1.14. The lowest BCUT2D eigenvalue weighted by Crippen LogP contribution is -2.64. The second-order valence-corrected chi connectivity index (χ2v) is 28.5. The van der Waals surface area contributed by atoms with Gasteiger partial charge < -0.3 is 150 Å². The summed E-state index contributed by atoms with van der Waals surface area (Å²) in [4.78, 5) is 104. The minimum absolute atomic E-state index is 0.00432. The highest BCUT2D eigenvalue weighted by atomic mass is 16.7. The standard InChI is InChI=1S/C72H128N8O30/c1-45(84)76-60-66(95)63(92)52(42-81)108-69(60)104-39-36-101-33-30-98-27-24-73-55(87)18-21-72(80-59(91)13-9-12-58(90)79-48(4)107-51-16-14-50(15-17-51)49-10-7-5-6-8-11-49,22-19-56(88)74-25-28-99-31-34-102-37-40-105-70-61(77-46(2)85)67(96)64(93)53(43-82)109-70)23-20-57(89)75-26-29-100-32-35-103-38-41-106-71-62(78-47(3)86)68(97)65(94)54(44-83)110-71/h48-54,60-71,81-83,92-97H,5-44H2,1-4H3,(H,73,87)(H,74,88)(H,75,89)(H,76,84)(H,77,85)(H,78,86)(H,79,90)(H,80,91). The fourth-order valence-electron chi connectivity index (χ4n) is 14.0. The van der Waals surface area contributed by atoms with Crippen LogP contribution in [0.2, 0.25) is 0 Å². The molecule has 636 valence electrons. The number of amides is 8. The smallest absolute Gasteiger partial charge is 0.221 e. The SMILES string of the molecule is CC(=O)NC1C(OCCOCCOCCNC(=O)CCC(CCC(=O)NCCOCCOCCOC2OC(CO)C(O)C(O)C2NC(C)=O)(CCC(=O)NCCOCCOCCOC2OC(CO)C(O)C(O)C2NC(C)=O)NC(=O)CCCC(=O)NC(C)OC2CCC(C3CCCCCC3)CC2)OC(CO)C(O)C1O. The molecule has 110 heavy (non-hydrogen) atoms. The molecule has 16 unspecified atom stereocenters. The average molecular weight is 1590 g/mol. The van der Waals surface area contributed by atoms with Crippen molar-refractivity contribution in [3.63, 3.8) is 0 Å². The molecule has 5 fully saturated rings. The van der Waals surface area contributed by atoms with Crippen LogP contribution in [0.1, 0.15) is 150 Å². The number of aliphatic hydroxyl groups is 9. The molecule has 0 spiro atoms. The molecule has 2 saturated carbocycles. The monoisotopic (exact) mass is 1580 g/mol. The average Bonchev–Trinajstić information content (AvgIpc) is 0.869. The summed E-state index contributed by atoms with van der Waals surface area (Å²) in [7, 11) is 0. The molecule has 3 saturated heterocycles. The van der Waals surface area contributed by atoms with E-state index in [0.29, 0.717) is 5.92 Å². The van der Waals surface area contributed by atoms with Gasteiger partial charge in [0.25, 0.3) is 0 Å². The van der Waals surface area contributed by atoms with Crippen LogP contribution < -0.4 is 42.5 Å². The maximum absolute atomic E-state index is 14.2. The molecule has 0 aromatic heterocycles. The van der Waals surface area contributed by atoms with Crippen LogP contribution >= 0.6 is 0 Å². The summed E-state index contributed by atoms with van der Waals surface area (Å²) in [5.74, 6) is -2.11. The van der Waals surface area contributed by atoms with Crippen molar-refractivity contribution in [3.8, 4) is 0 Å². The van der Waals surface area contributed by atoms with E-state index < -0.39 is 165 Å². The number of rotatable bonds is 54. The van der Waals surface area contributed by atoms with E-state index in [1.54, 1.807) is 6.92 Å². The maximum atomic E-state index is 14.2. The molecule has 5 aliphatic rings. The Morgan fingerprint density at radius 2 is 0.709 bits per heavy atom. The van der Waals surface area contributed by atoms with Crippen molar-refractivity contribution in [2.24, 2.45) is 11.8 Å². The maximum Gasteiger partial charge on any atom is 0.221 e. The van der Waals surface area contributed by atoms with Crippen LogP contribution in [-0.2, 0) is 99.9 Å². The number of carbonyl (C=O) groups is 8. The van der Waals surface area contributed by atoms with Crippen molar-refractivity contribution in [2.75, 3.05) is 139 Å². The highest BCUT2D eigenvalue weighted by molar-refractivity contribution is 5.81. The zero-order chi connectivity index (χ0) is 80.2. The van der Waals surface area contributed by atoms with Gasteiger partial charge in [-0.05, 0) is 70.1 Å². The normalized spacial score (nSPS) is 28.1. The second-order valence-electron chi connectivity index (χ2n) is 28.5. The van der Waals surface area contributed by atoms with Crippen molar-refractivity contribution in [3.05, 3.63) is 0 Å². The van der Waals surface area contributed by atoms with Crippen molar-refractivity contribution >= 4 is 47.3 Å². The van der Waals surface area contributed by atoms with E-state index in [9.17, 15) is 84.3 Å². The summed E-state index contributed by atoms with van der Waals surface area (Å²) in [6.45, 7) is 4.64. The van der Waals surface area contributed by atoms with Crippen molar-refractivity contribution < 1.29 is 146 Å². The molecule has 2 aliphatic carbocycles. The van der Waals surface area contributed by atoms with Gasteiger partial charge in [0.2, 0.25) is 47.3 Å². The summed E-state index contributed by atoms with van der Waals surface area (Å²) in [5, 5.41) is 113. The van der Waals surface area contributed by atoms with Gasteiger partial charge in [0.15, 0.2) is 18.9 Å². The van der Waals surface area contributed by atoms with E-state index in [2.05, 4.69) is 42.5 Å². The second kappa shape index (κ2) is 53.9. The van der Waals surface area contributed by atoms with Crippen molar-refractivity contribution in [2.45, 2.75) is 259 Å². The number of hydrogen-bond acceptors (Lipinski definition) is 30. The van der Waals surface area contributed by atoms with E-state index in [1.807, 2.05) is 0 Å². The zero-order valence-corrected chi connectivity index (χ0v) is 64.4. The summed E-state index contributed by atoms with van der Waals surface area (Å²) in [6, 6.07) is -3.36. The van der Waals surface area contributed by atoms with E-state index in [0.717, 1.165) is 31.6 Å². The van der Waals surface area contributed by atoms with Gasteiger partial charge in [-0.3, -0.25) is 38.4 Å². The number of carbonyl (C=O) groups excluding carboxylic acids is 8. The van der Waals surface area contributed by atoms with Gasteiger partial charge in [0.05, 0.1) is 125 Å². The Morgan fingerprint density at radius 3 is 1.05 bits per heavy atom. The van der Waals surface area contributed by atoms with Crippen LogP contribution in [0.4, 0.5) is 0 Å². The lowest BCUT2D eigenvalue weighted by atomic mass is 9.76. The molecule has 0 aromatic carbocycles. The van der Waals surface area contributed by atoms with Crippen LogP contribution in [0.3, 0.4) is 0 Å². The Morgan fingerprint density at radius 1 is 0.391 bits per heavy atom. The first-order chi connectivity index (χ1) is 52.9. The van der Waals surface area contributed by atoms with E-state index in [4.69, 9.17) is 61.6 Å². The van der Waals surface area contributed by atoms with Gasteiger partial charge in [0.1, 0.15) is 79.3 Å². The molecule has 17 N–H and O–H groups in total. The third-order valence-electron chi connectivity index (χ3n) is 19.9. The van der Waals surface area contributed by atoms with Gasteiger partial charge >= 0.3 is 0 Å². The van der Waals surface area contributed by atoms with Crippen LogP contribution in [0.25, 0.3) is 0 Å². The zero-order valence-electron chi connectivity index (χ0n) is 64.4. The lowest BCUT2D eigenvalue weighted by Gasteiger charge is -2.42. The first kappa shape index (κ1) is 95.5. The quantitative estimate of drug-likeness (QED) is 0.0156. The van der Waals surface area contributed by atoms with Gasteiger partial charge in [0, 0.05) is 78.0 Å². The molecule has 16 atom stereocenters. The van der Waals surface area contributed by atoms with Crippen molar-refractivity contribution in [1.82, 2.24) is 42.5 Å². The van der Waals surface area contributed by atoms with Crippen LogP contribution in [-0.4, -0.2) is 342 Å². The summed E-state index contributed by atoms with van der Waals surface area (Å²) >= 11 is 0. The lowest BCUT2D eigenvalue weighted by molar-refractivity contribution is -0.272. The molecular weight excluding hydrogens is 1460 g/mol. The third kappa shape index (κ3) is 36.1. The summed E-state index contributed by atoms with van der Waals surface area (Å²) in [6.07, 6.45) is -5.12. The molecule has 5 rings (SSSR count). The molecule has 38 heteroatoms. The van der Waals surface area contributed by atoms with Gasteiger partial charge in [-0.15, -0.1) is 0 Å². The first-order valence-electron chi connectivity index (χ1n) is 38.9. The molecule has 38 nitrogen and oxygen atoms in total. The number of hydrogen-bond donors (Lipinski definition) is 17. The molecular formula is C72H128N8O30. The van der Waals surface area contributed by atoms with E-state index in [-0.39, 0.29) is 189 Å².